The van der Waals surface area contributed by atoms with Crippen molar-refractivity contribution in [1.82, 2.24) is 0 Å². The average Bonchev–Trinajstić information content (AvgIpc) is 2.17. The molecule has 76 valence electrons. The maximum absolute atomic E-state index is 12.3. The molecule has 0 aliphatic rings. The summed E-state index contributed by atoms with van der Waals surface area (Å²) in [6, 6.07) is 8.23. The summed E-state index contributed by atoms with van der Waals surface area (Å²) < 4.78 is 12.3. The predicted molar refractivity (Wildman–Crippen MR) is 52.1 cm³/mol. The van der Waals surface area contributed by atoms with Gasteiger partial charge in [0.1, 0.15) is 6.10 Å². The van der Waals surface area contributed by atoms with Gasteiger partial charge >= 0.3 is 0 Å². The molecule has 0 aliphatic carbocycles. The zero-order valence-electron chi connectivity index (χ0n) is 7.36. The maximum Gasteiger partial charge on any atom is 0.191 e. The fourth-order valence-corrected chi connectivity index (χ4v) is 1.24. The van der Waals surface area contributed by atoms with Crippen molar-refractivity contribution in [2.75, 3.05) is 0 Å². The predicted octanol–water partition coefficient (Wildman–Crippen LogP) is 2.15. The van der Waals surface area contributed by atoms with E-state index in [4.69, 9.17) is 11.6 Å². The SMILES string of the molecule is O=C(c1ccccc1)C(O)CC(F)Cl. The van der Waals surface area contributed by atoms with E-state index in [-0.39, 0.29) is 6.42 Å². The summed E-state index contributed by atoms with van der Waals surface area (Å²) in [5.41, 5.74) is -1.34. The van der Waals surface area contributed by atoms with E-state index in [1.807, 2.05) is 0 Å². The Morgan fingerprint density at radius 3 is 2.50 bits per heavy atom. The van der Waals surface area contributed by atoms with Gasteiger partial charge in [-0.2, -0.15) is 0 Å². The van der Waals surface area contributed by atoms with Crippen LogP contribution < -0.4 is 0 Å². The third-order valence-corrected chi connectivity index (χ3v) is 1.94. The molecular formula is C10H10ClFO2. The summed E-state index contributed by atoms with van der Waals surface area (Å²) >= 11 is 5.03. The Labute approximate surface area is 86.3 Å². The first-order valence-corrected chi connectivity index (χ1v) is 4.60. The fourth-order valence-electron chi connectivity index (χ4n) is 1.07. The van der Waals surface area contributed by atoms with E-state index in [1.54, 1.807) is 30.3 Å². The molecule has 0 aromatic heterocycles. The van der Waals surface area contributed by atoms with Gasteiger partial charge in [0.15, 0.2) is 11.4 Å². The lowest BCUT2D eigenvalue weighted by molar-refractivity contribution is 0.0702. The van der Waals surface area contributed by atoms with Crippen LogP contribution in [0.5, 0.6) is 0 Å². The largest absolute Gasteiger partial charge is 0.385 e. The molecule has 1 aromatic carbocycles. The summed E-state index contributed by atoms with van der Waals surface area (Å²) in [7, 11) is 0. The van der Waals surface area contributed by atoms with Crippen LogP contribution in [0.25, 0.3) is 0 Å². The van der Waals surface area contributed by atoms with Gasteiger partial charge in [0.05, 0.1) is 0 Å². The maximum atomic E-state index is 12.3. The number of halogens is 2. The highest BCUT2D eigenvalue weighted by Gasteiger charge is 2.19. The molecule has 1 rings (SSSR count). The number of carbonyl (C=O) groups excluding carboxylic acids is 1. The molecule has 0 spiro atoms. The number of aliphatic hydroxyl groups excluding tert-OH is 1. The van der Waals surface area contributed by atoms with Gasteiger partial charge in [-0.05, 0) is 0 Å². The monoisotopic (exact) mass is 216 g/mol. The molecule has 2 atom stereocenters. The van der Waals surface area contributed by atoms with E-state index in [0.717, 1.165) is 0 Å². The molecule has 0 aliphatic heterocycles. The van der Waals surface area contributed by atoms with Gasteiger partial charge in [-0.1, -0.05) is 41.9 Å². The Hall–Kier alpha value is -0.930. The second kappa shape index (κ2) is 5.08. The summed E-state index contributed by atoms with van der Waals surface area (Å²) in [6.45, 7) is 0. The molecule has 2 nitrogen and oxygen atoms in total. The number of carbonyl (C=O) groups is 1. The minimum atomic E-state index is -1.70. The van der Waals surface area contributed by atoms with Crippen LogP contribution in [0.4, 0.5) is 4.39 Å². The highest BCUT2D eigenvalue weighted by Crippen LogP contribution is 2.11. The topological polar surface area (TPSA) is 37.3 Å². The number of alkyl halides is 2. The minimum Gasteiger partial charge on any atom is -0.385 e. The van der Waals surface area contributed by atoms with Crippen LogP contribution in [0.15, 0.2) is 30.3 Å². The highest BCUT2D eigenvalue weighted by atomic mass is 35.5. The van der Waals surface area contributed by atoms with Gasteiger partial charge in [0.2, 0.25) is 0 Å². The molecule has 4 heteroatoms. The molecule has 1 N–H and O–H groups in total. The molecule has 0 radical (unpaired) electrons. The Morgan fingerprint density at radius 2 is 2.00 bits per heavy atom. The Bertz CT molecular complexity index is 300. The lowest BCUT2D eigenvalue weighted by atomic mass is 10.0. The van der Waals surface area contributed by atoms with E-state index in [9.17, 15) is 14.3 Å². The second-order valence-corrected chi connectivity index (χ2v) is 3.35. The van der Waals surface area contributed by atoms with Gasteiger partial charge in [0.25, 0.3) is 0 Å². The Morgan fingerprint density at radius 1 is 1.43 bits per heavy atom. The number of ketones is 1. The number of benzene rings is 1. The summed E-state index contributed by atoms with van der Waals surface area (Å²) in [4.78, 5) is 11.4. The Kier molecular flexibility index (Phi) is 4.04. The van der Waals surface area contributed by atoms with Gasteiger partial charge < -0.3 is 5.11 Å². The van der Waals surface area contributed by atoms with Crippen LogP contribution in [0, 0.1) is 0 Å². The first-order valence-electron chi connectivity index (χ1n) is 4.16. The molecule has 0 amide bonds. The molecule has 14 heavy (non-hydrogen) atoms. The van der Waals surface area contributed by atoms with Crippen molar-refractivity contribution in [3.05, 3.63) is 35.9 Å². The number of hydrogen-bond acceptors (Lipinski definition) is 2. The van der Waals surface area contributed by atoms with E-state index in [2.05, 4.69) is 0 Å². The average molecular weight is 217 g/mol. The third kappa shape index (κ3) is 3.09. The summed E-state index contributed by atoms with van der Waals surface area (Å²) in [6.07, 6.45) is -1.75. The highest BCUT2D eigenvalue weighted by molar-refractivity contribution is 6.19. The number of aliphatic hydroxyl groups is 1. The number of hydrogen-bond donors (Lipinski definition) is 1. The number of rotatable bonds is 4. The lowest BCUT2D eigenvalue weighted by Crippen LogP contribution is -2.22. The second-order valence-electron chi connectivity index (χ2n) is 2.87. The van der Waals surface area contributed by atoms with Crippen molar-refractivity contribution in [2.45, 2.75) is 18.2 Å². The van der Waals surface area contributed by atoms with Crippen molar-refractivity contribution < 1.29 is 14.3 Å². The van der Waals surface area contributed by atoms with Crippen LogP contribution in [0.3, 0.4) is 0 Å². The molecule has 0 saturated carbocycles. The normalized spacial score (nSPS) is 14.8. The Balaban J connectivity index is 2.66. The van der Waals surface area contributed by atoms with Gasteiger partial charge in [-0.15, -0.1) is 0 Å². The minimum absolute atomic E-state index is 0.359. The molecule has 1 aromatic rings. The van der Waals surface area contributed by atoms with Crippen molar-refractivity contribution in [1.29, 1.82) is 0 Å². The van der Waals surface area contributed by atoms with Crippen LogP contribution >= 0.6 is 11.6 Å². The smallest absolute Gasteiger partial charge is 0.191 e. The van der Waals surface area contributed by atoms with Gasteiger partial charge in [-0.25, -0.2) is 4.39 Å². The zero-order chi connectivity index (χ0) is 10.6. The molecule has 2 unspecified atom stereocenters. The van der Waals surface area contributed by atoms with Crippen LogP contribution in [0.1, 0.15) is 16.8 Å². The van der Waals surface area contributed by atoms with E-state index >= 15 is 0 Å². The molecule has 0 fully saturated rings. The van der Waals surface area contributed by atoms with Crippen molar-refractivity contribution in [3.8, 4) is 0 Å². The van der Waals surface area contributed by atoms with Crippen molar-refractivity contribution >= 4 is 17.4 Å². The van der Waals surface area contributed by atoms with E-state index in [0.29, 0.717) is 5.56 Å². The fraction of sp³-hybridized carbons (Fsp3) is 0.300. The summed E-state index contributed by atoms with van der Waals surface area (Å²) in [5, 5.41) is 9.27. The van der Waals surface area contributed by atoms with E-state index in [1.165, 1.54) is 0 Å². The molecule has 0 heterocycles. The lowest BCUT2D eigenvalue weighted by Gasteiger charge is -2.08. The zero-order valence-corrected chi connectivity index (χ0v) is 8.12. The molecule has 0 saturated heterocycles. The first-order chi connectivity index (χ1) is 6.61. The number of Topliss-reactive ketones (excluding diaryl/α,β-unsaturated/α-hetero) is 1. The molecule has 0 bridgehead atoms. The van der Waals surface area contributed by atoms with Crippen LogP contribution in [-0.4, -0.2) is 22.6 Å². The standard InChI is InChI=1S/C10H10ClFO2/c11-9(12)6-8(13)10(14)7-4-2-1-3-5-7/h1-5,8-9,13H,6H2. The van der Waals surface area contributed by atoms with Crippen molar-refractivity contribution in [2.24, 2.45) is 0 Å². The first kappa shape index (κ1) is 11.1. The van der Waals surface area contributed by atoms with Gasteiger partial charge in [-0.3, -0.25) is 4.79 Å². The van der Waals surface area contributed by atoms with Crippen LogP contribution in [-0.2, 0) is 0 Å². The van der Waals surface area contributed by atoms with Crippen molar-refractivity contribution in [3.63, 3.8) is 0 Å². The van der Waals surface area contributed by atoms with Gasteiger partial charge in [0, 0.05) is 12.0 Å². The summed E-state index contributed by atoms with van der Waals surface area (Å²) in [5.74, 6) is -0.506. The molecular weight excluding hydrogens is 207 g/mol. The quantitative estimate of drug-likeness (QED) is 0.619. The van der Waals surface area contributed by atoms with E-state index < -0.39 is 17.5 Å². The van der Waals surface area contributed by atoms with Crippen LogP contribution in [0.2, 0.25) is 0 Å². The third-order valence-electron chi connectivity index (χ3n) is 1.76.